The number of ether oxygens (including phenoxy) is 2. The van der Waals surface area contributed by atoms with Crippen molar-refractivity contribution in [2.75, 3.05) is 31.0 Å². The number of hydrogen-bond acceptors (Lipinski definition) is 7. The molecule has 0 aliphatic carbocycles. The Morgan fingerprint density at radius 1 is 1.14 bits per heavy atom. The van der Waals surface area contributed by atoms with Gasteiger partial charge in [-0.1, -0.05) is 6.07 Å². The predicted octanol–water partition coefficient (Wildman–Crippen LogP) is 3.53. The van der Waals surface area contributed by atoms with Gasteiger partial charge in [-0.25, -0.2) is 9.18 Å². The van der Waals surface area contributed by atoms with Gasteiger partial charge in [0.05, 0.1) is 44.8 Å². The second-order valence-electron chi connectivity index (χ2n) is 9.23. The monoisotopic (exact) mass is 607 g/mol. The van der Waals surface area contributed by atoms with Crippen LogP contribution in [0.3, 0.4) is 0 Å². The second-order valence-corrected chi connectivity index (χ2v) is 10.3. The van der Waals surface area contributed by atoms with E-state index < -0.39 is 48.0 Å². The van der Waals surface area contributed by atoms with Gasteiger partial charge in [0.25, 0.3) is 0 Å². The number of amides is 4. The van der Waals surface area contributed by atoms with Crippen molar-refractivity contribution in [3.05, 3.63) is 70.2 Å². The zero-order valence-corrected chi connectivity index (χ0v) is 26.1. The van der Waals surface area contributed by atoms with Crippen LogP contribution in [-0.2, 0) is 20.9 Å². The topological polar surface area (TPSA) is 146 Å². The summed E-state index contributed by atoms with van der Waals surface area (Å²) >= 11 is 1.49. The molecule has 2 aromatic carbocycles. The minimum Gasteiger partial charge on any atom is -0.497 e. The number of methoxy groups -OCH3 is 2. The summed E-state index contributed by atoms with van der Waals surface area (Å²) in [5.74, 6) is -2.95. The number of nitrogens with one attached hydrogen (secondary N) is 3. The summed E-state index contributed by atoms with van der Waals surface area (Å²) < 4.78 is 25.4. The molecule has 2 unspecified atom stereocenters. The molecule has 217 valence electrons. The van der Waals surface area contributed by atoms with Crippen molar-refractivity contribution in [1.29, 1.82) is 0 Å². The summed E-state index contributed by atoms with van der Waals surface area (Å²) in [6.45, 7) is 0.194. The van der Waals surface area contributed by atoms with Gasteiger partial charge >= 0.3 is 12.0 Å². The van der Waals surface area contributed by atoms with Crippen molar-refractivity contribution >= 4 is 76.1 Å². The number of anilines is 2. The number of urea groups is 1. The van der Waals surface area contributed by atoms with Crippen molar-refractivity contribution in [3.63, 3.8) is 0 Å². The van der Waals surface area contributed by atoms with E-state index in [0.717, 1.165) is 15.8 Å². The minimum absolute atomic E-state index is 0. The van der Waals surface area contributed by atoms with Gasteiger partial charge in [0, 0.05) is 64.7 Å². The Kier molecular flexibility index (Phi) is 11.7. The zero-order valence-electron chi connectivity index (χ0n) is 23.3. The normalized spacial score (nSPS) is 14.9. The summed E-state index contributed by atoms with van der Waals surface area (Å²) in [6, 6.07) is 10.9. The van der Waals surface area contributed by atoms with Gasteiger partial charge in [-0.2, -0.15) is 0 Å². The Morgan fingerprint density at radius 2 is 1.93 bits per heavy atom. The van der Waals surface area contributed by atoms with E-state index in [1.807, 2.05) is 17.5 Å². The van der Waals surface area contributed by atoms with Crippen LogP contribution in [0.4, 0.5) is 20.6 Å². The van der Waals surface area contributed by atoms with E-state index in [1.54, 1.807) is 18.2 Å². The summed E-state index contributed by atoms with van der Waals surface area (Å²) in [5.41, 5.74) is 0.603. The fraction of sp³-hybridized carbons (Fsp3) is 0.286. The third kappa shape index (κ3) is 8.22. The first-order chi connectivity index (χ1) is 19.7. The molecule has 0 saturated carbocycles. The number of carbonyl (C=O) groups excluding carboxylic acids is 3. The van der Waals surface area contributed by atoms with Gasteiger partial charge in [0.2, 0.25) is 11.8 Å². The molecule has 1 saturated heterocycles. The number of rotatable bonds is 11. The van der Waals surface area contributed by atoms with Gasteiger partial charge in [0.1, 0.15) is 17.3 Å². The maximum Gasteiger partial charge on any atom is 0.319 e. The maximum absolute atomic E-state index is 14.8. The molecule has 0 spiro atoms. The molecule has 0 bridgehead atoms. The van der Waals surface area contributed by atoms with Gasteiger partial charge in [-0.15, -0.1) is 11.3 Å². The van der Waals surface area contributed by atoms with Crippen molar-refractivity contribution in [3.8, 4) is 11.5 Å². The Hall–Kier alpha value is -3.65. The Labute approximate surface area is 267 Å². The molecule has 1 fully saturated rings. The van der Waals surface area contributed by atoms with Crippen LogP contribution in [0.2, 0.25) is 0 Å². The van der Waals surface area contributed by atoms with E-state index in [2.05, 4.69) is 16.0 Å². The van der Waals surface area contributed by atoms with Gasteiger partial charge in [0.15, 0.2) is 0 Å². The molecular weight excluding hydrogens is 578 g/mol. The Bertz CT molecular complexity index is 1440. The number of halogens is 1. The largest absolute Gasteiger partial charge is 0.497 e. The first-order valence-corrected chi connectivity index (χ1v) is 13.5. The molecular formula is C28H29FN4NaO7S. The summed E-state index contributed by atoms with van der Waals surface area (Å²) in [7, 11) is 2.89. The fourth-order valence-corrected chi connectivity index (χ4v) is 5.12. The molecule has 11 nitrogen and oxygen atoms in total. The van der Waals surface area contributed by atoms with E-state index >= 15 is 0 Å². The average Bonchev–Trinajstić information content (AvgIpc) is 3.62. The SMILES string of the molecule is COc1ccc(C(CC(=O)O)NC(=O)C2CC(=O)N(c3cc(NC(=O)NCc4cccs4)ccc3F)C2)c(OC)c1.[Na]. The summed E-state index contributed by atoms with van der Waals surface area (Å²) in [6.07, 6.45) is -0.639. The quantitative estimate of drug-likeness (QED) is 0.244. The van der Waals surface area contributed by atoms with Gasteiger partial charge in [-0.3, -0.25) is 14.4 Å². The van der Waals surface area contributed by atoms with Crippen molar-refractivity contribution in [1.82, 2.24) is 10.6 Å². The van der Waals surface area contributed by atoms with E-state index in [9.17, 15) is 28.7 Å². The van der Waals surface area contributed by atoms with Crippen molar-refractivity contribution < 1.29 is 38.1 Å². The van der Waals surface area contributed by atoms with Crippen LogP contribution in [0.25, 0.3) is 0 Å². The van der Waals surface area contributed by atoms with Crippen molar-refractivity contribution in [2.24, 2.45) is 5.92 Å². The standard InChI is InChI=1S/C28H29FN4O7S.Na/c1-39-18-6-7-20(24(12-18)40-2)22(13-26(35)36)32-27(37)16-10-25(34)33(15-16)23-11-17(5-8-21(23)29)31-28(38)30-14-19-4-3-9-41-19;/h3-9,11-12,16,22H,10,13-15H2,1-2H3,(H,32,37)(H,35,36)(H2,30,31,38);. The fourth-order valence-electron chi connectivity index (χ4n) is 4.48. The van der Waals surface area contributed by atoms with E-state index in [-0.39, 0.29) is 53.9 Å². The first-order valence-electron chi connectivity index (χ1n) is 12.6. The number of thiophene rings is 1. The zero-order chi connectivity index (χ0) is 29.5. The smallest absolute Gasteiger partial charge is 0.319 e. The molecule has 14 heteroatoms. The number of nitrogens with zero attached hydrogens (tertiary/aromatic N) is 1. The summed E-state index contributed by atoms with van der Waals surface area (Å²) in [4.78, 5) is 52.1. The van der Waals surface area contributed by atoms with Crippen LogP contribution in [0.5, 0.6) is 11.5 Å². The number of aliphatic carboxylic acids is 1. The summed E-state index contributed by atoms with van der Waals surface area (Å²) in [5, 5.41) is 19.4. The van der Waals surface area contributed by atoms with Crippen LogP contribution in [0.15, 0.2) is 53.9 Å². The number of hydrogen-bond donors (Lipinski definition) is 4. The van der Waals surface area contributed by atoms with Crippen LogP contribution in [0, 0.1) is 11.7 Å². The van der Waals surface area contributed by atoms with Crippen LogP contribution in [-0.4, -0.2) is 79.2 Å². The maximum atomic E-state index is 14.8. The number of carboxylic acid groups (broad SMARTS) is 1. The average molecular weight is 608 g/mol. The molecule has 1 aromatic heterocycles. The molecule has 1 aliphatic heterocycles. The predicted molar refractivity (Wildman–Crippen MR) is 155 cm³/mol. The molecule has 3 aromatic rings. The van der Waals surface area contributed by atoms with Crippen LogP contribution in [0.1, 0.15) is 29.3 Å². The number of carboxylic acids is 1. The Balaban J connectivity index is 0.00000484. The second kappa shape index (κ2) is 15.0. The molecule has 4 rings (SSSR count). The molecule has 2 atom stereocenters. The molecule has 2 heterocycles. The molecule has 1 radical (unpaired) electrons. The molecule has 1 aliphatic rings. The van der Waals surface area contributed by atoms with E-state index in [4.69, 9.17) is 9.47 Å². The molecule has 4 amide bonds. The molecule has 4 N–H and O–H groups in total. The first kappa shape index (κ1) is 32.9. The minimum atomic E-state index is -1.15. The van der Waals surface area contributed by atoms with Crippen LogP contribution >= 0.6 is 11.3 Å². The van der Waals surface area contributed by atoms with E-state index in [0.29, 0.717) is 23.6 Å². The molecule has 42 heavy (non-hydrogen) atoms. The van der Waals surface area contributed by atoms with Crippen molar-refractivity contribution in [2.45, 2.75) is 25.4 Å². The third-order valence-corrected chi connectivity index (χ3v) is 7.38. The van der Waals surface area contributed by atoms with E-state index in [1.165, 1.54) is 37.7 Å². The van der Waals surface area contributed by atoms with Gasteiger partial charge < -0.3 is 35.4 Å². The van der Waals surface area contributed by atoms with Crippen LogP contribution < -0.4 is 30.3 Å². The number of benzene rings is 2. The Morgan fingerprint density at radius 3 is 2.60 bits per heavy atom. The number of carbonyl (C=O) groups is 4. The van der Waals surface area contributed by atoms with Gasteiger partial charge in [-0.05, 0) is 41.8 Å². The third-order valence-electron chi connectivity index (χ3n) is 6.51.